The lowest BCUT2D eigenvalue weighted by Crippen LogP contribution is -2.60. The minimum Gasteiger partial charge on any atom is -0.465 e. The van der Waals surface area contributed by atoms with Crippen LogP contribution in [0.5, 0.6) is 0 Å². The number of hydrogen-bond donors (Lipinski definition) is 1. The van der Waals surface area contributed by atoms with Crippen LogP contribution in [0, 0.1) is 11.3 Å². The van der Waals surface area contributed by atoms with E-state index in [0.29, 0.717) is 12.5 Å². The summed E-state index contributed by atoms with van der Waals surface area (Å²) in [5.74, 6) is 0.473. The SMILES string of the molecule is CCOC(=O)C1(NCC(C)C)CCCC1(C)C. The summed E-state index contributed by atoms with van der Waals surface area (Å²) in [6.07, 6.45) is 3.07. The number of nitrogens with one attached hydrogen (secondary N) is 1. The number of esters is 1. The number of ether oxygens (including phenoxy) is 1. The van der Waals surface area contributed by atoms with Gasteiger partial charge >= 0.3 is 5.97 Å². The molecule has 3 heteroatoms. The Balaban J connectivity index is 2.88. The summed E-state index contributed by atoms with van der Waals surface area (Å²) >= 11 is 0. The van der Waals surface area contributed by atoms with E-state index in [1.54, 1.807) is 0 Å². The lowest BCUT2D eigenvalue weighted by molar-refractivity contribution is -0.155. The van der Waals surface area contributed by atoms with Gasteiger partial charge in [0.05, 0.1) is 6.61 Å². The first kappa shape index (κ1) is 14.5. The minimum absolute atomic E-state index is 0.0197. The topological polar surface area (TPSA) is 38.3 Å². The maximum atomic E-state index is 12.3. The van der Waals surface area contributed by atoms with Crippen LogP contribution in [0.3, 0.4) is 0 Å². The van der Waals surface area contributed by atoms with Crippen molar-refractivity contribution in [1.29, 1.82) is 0 Å². The maximum Gasteiger partial charge on any atom is 0.326 e. The molecule has 0 bridgehead atoms. The van der Waals surface area contributed by atoms with Crippen molar-refractivity contribution in [1.82, 2.24) is 5.32 Å². The lowest BCUT2D eigenvalue weighted by atomic mass is 9.74. The molecule has 1 rings (SSSR count). The first-order valence-electron chi connectivity index (χ1n) is 6.78. The summed E-state index contributed by atoms with van der Waals surface area (Å²) in [5, 5.41) is 3.49. The molecule has 1 aliphatic carbocycles. The van der Waals surface area contributed by atoms with Crippen LogP contribution in [0.15, 0.2) is 0 Å². The molecule has 0 heterocycles. The minimum atomic E-state index is -0.479. The van der Waals surface area contributed by atoms with Crippen LogP contribution in [0.25, 0.3) is 0 Å². The van der Waals surface area contributed by atoms with Gasteiger partial charge in [-0.3, -0.25) is 4.79 Å². The zero-order chi connectivity index (χ0) is 13.1. The first-order valence-corrected chi connectivity index (χ1v) is 6.78. The summed E-state index contributed by atoms with van der Waals surface area (Å²) in [4.78, 5) is 12.3. The number of rotatable bonds is 5. The van der Waals surface area contributed by atoms with Gasteiger partial charge in [-0.15, -0.1) is 0 Å². The highest BCUT2D eigenvalue weighted by Crippen LogP contribution is 2.46. The molecule has 1 fully saturated rings. The van der Waals surface area contributed by atoms with Crippen molar-refractivity contribution >= 4 is 5.97 Å². The quantitative estimate of drug-likeness (QED) is 0.752. The fraction of sp³-hybridized carbons (Fsp3) is 0.929. The zero-order valence-corrected chi connectivity index (χ0v) is 11.9. The fourth-order valence-electron chi connectivity index (χ4n) is 2.76. The maximum absolute atomic E-state index is 12.3. The Morgan fingerprint density at radius 3 is 2.41 bits per heavy atom. The summed E-state index contributed by atoms with van der Waals surface area (Å²) in [5.41, 5.74) is -0.499. The standard InChI is InChI=1S/C14H27NO2/c1-6-17-12(16)14(15-10-11(2)3)9-7-8-13(14,4)5/h11,15H,6-10H2,1-5H3. The molecule has 0 amide bonds. The molecule has 1 unspecified atom stereocenters. The van der Waals surface area contributed by atoms with E-state index in [-0.39, 0.29) is 11.4 Å². The number of carbonyl (C=O) groups is 1. The van der Waals surface area contributed by atoms with E-state index in [0.717, 1.165) is 25.8 Å². The van der Waals surface area contributed by atoms with Gasteiger partial charge in [0.25, 0.3) is 0 Å². The average molecular weight is 241 g/mol. The normalized spacial score (nSPS) is 27.4. The molecule has 1 atom stereocenters. The highest BCUT2D eigenvalue weighted by Gasteiger charge is 2.54. The fourth-order valence-corrected chi connectivity index (χ4v) is 2.76. The van der Waals surface area contributed by atoms with E-state index in [9.17, 15) is 4.79 Å². The Labute approximate surface area is 105 Å². The van der Waals surface area contributed by atoms with E-state index in [2.05, 4.69) is 33.0 Å². The van der Waals surface area contributed by atoms with Crippen LogP contribution in [-0.4, -0.2) is 24.7 Å². The second-order valence-corrected chi connectivity index (χ2v) is 6.14. The first-order chi connectivity index (χ1) is 7.85. The van der Waals surface area contributed by atoms with E-state index in [4.69, 9.17) is 4.74 Å². The Bertz CT molecular complexity index is 273. The Morgan fingerprint density at radius 2 is 2.00 bits per heavy atom. The van der Waals surface area contributed by atoms with Crippen molar-refractivity contribution in [3.8, 4) is 0 Å². The summed E-state index contributed by atoms with van der Waals surface area (Å²) < 4.78 is 5.30. The predicted octanol–water partition coefficient (Wildman–Crippen LogP) is 2.74. The Morgan fingerprint density at radius 1 is 1.35 bits per heavy atom. The third kappa shape index (κ3) is 2.82. The van der Waals surface area contributed by atoms with Gasteiger partial charge in [0, 0.05) is 0 Å². The molecule has 0 spiro atoms. The van der Waals surface area contributed by atoms with Crippen LogP contribution in [0.1, 0.15) is 53.9 Å². The molecule has 0 saturated heterocycles. The second kappa shape index (κ2) is 5.38. The molecule has 0 aliphatic heterocycles. The molecule has 3 nitrogen and oxygen atoms in total. The highest BCUT2D eigenvalue weighted by molar-refractivity contribution is 5.82. The van der Waals surface area contributed by atoms with Crippen LogP contribution in [0.4, 0.5) is 0 Å². The van der Waals surface area contributed by atoms with Gasteiger partial charge < -0.3 is 10.1 Å². The van der Waals surface area contributed by atoms with E-state index < -0.39 is 5.54 Å². The van der Waals surface area contributed by atoms with Gasteiger partial charge in [-0.05, 0) is 37.6 Å². The van der Waals surface area contributed by atoms with Crippen molar-refractivity contribution < 1.29 is 9.53 Å². The summed E-state index contributed by atoms with van der Waals surface area (Å²) in [6.45, 7) is 11.9. The molecule has 1 N–H and O–H groups in total. The van der Waals surface area contributed by atoms with Crippen molar-refractivity contribution in [2.24, 2.45) is 11.3 Å². The van der Waals surface area contributed by atoms with Gasteiger partial charge in [-0.25, -0.2) is 0 Å². The zero-order valence-electron chi connectivity index (χ0n) is 11.9. The average Bonchev–Trinajstić information content (AvgIpc) is 2.52. The molecule has 0 radical (unpaired) electrons. The third-order valence-corrected chi connectivity index (χ3v) is 3.94. The van der Waals surface area contributed by atoms with Crippen LogP contribution in [-0.2, 0) is 9.53 Å². The molecule has 0 aromatic heterocycles. The van der Waals surface area contributed by atoms with E-state index >= 15 is 0 Å². The molecule has 1 saturated carbocycles. The van der Waals surface area contributed by atoms with Gasteiger partial charge in [-0.2, -0.15) is 0 Å². The summed E-state index contributed by atoms with van der Waals surface area (Å²) in [7, 11) is 0. The third-order valence-electron chi connectivity index (χ3n) is 3.94. The van der Waals surface area contributed by atoms with Crippen LogP contribution >= 0.6 is 0 Å². The van der Waals surface area contributed by atoms with Crippen molar-refractivity contribution in [2.75, 3.05) is 13.2 Å². The van der Waals surface area contributed by atoms with E-state index in [1.165, 1.54) is 0 Å². The van der Waals surface area contributed by atoms with Gasteiger partial charge in [0.1, 0.15) is 5.54 Å². The monoisotopic (exact) mass is 241 g/mol. The van der Waals surface area contributed by atoms with E-state index in [1.807, 2.05) is 6.92 Å². The highest BCUT2D eigenvalue weighted by atomic mass is 16.5. The molecular formula is C14H27NO2. The molecule has 0 aromatic carbocycles. The molecule has 100 valence electrons. The van der Waals surface area contributed by atoms with Gasteiger partial charge in [-0.1, -0.05) is 34.1 Å². The molecular weight excluding hydrogens is 214 g/mol. The lowest BCUT2D eigenvalue weighted by Gasteiger charge is -2.40. The molecule has 1 aliphatic rings. The van der Waals surface area contributed by atoms with Crippen molar-refractivity contribution in [3.63, 3.8) is 0 Å². The Kier molecular flexibility index (Phi) is 4.59. The number of hydrogen-bond acceptors (Lipinski definition) is 3. The Hall–Kier alpha value is -0.570. The predicted molar refractivity (Wildman–Crippen MR) is 69.8 cm³/mol. The summed E-state index contributed by atoms with van der Waals surface area (Å²) in [6, 6.07) is 0. The van der Waals surface area contributed by atoms with Gasteiger partial charge in [0.15, 0.2) is 0 Å². The molecule has 17 heavy (non-hydrogen) atoms. The van der Waals surface area contributed by atoms with Crippen LogP contribution in [0.2, 0.25) is 0 Å². The number of carbonyl (C=O) groups excluding carboxylic acids is 1. The van der Waals surface area contributed by atoms with Crippen molar-refractivity contribution in [3.05, 3.63) is 0 Å². The van der Waals surface area contributed by atoms with Crippen LogP contribution < -0.4 is 5.32 Å². The second-order valence-electron chi connectivity index (χ2n) is 6.14. The van der Waals surface area contributed by atoms with Gasteiger partial charge in [0.2, 0.25) is 0 Å². The molecule has 0 aromatic rings. The van der Waals surface area contributed by atoms with Crippen molar-refractivity contribution in [2.45, 2.75) is 59.4 Å². The largest absolute Gasteiger partial charge is 0.465 e. The smallest absolute Gasteiger partial charge is 0.326 e.